The third-order valence-electron chi connectivity index (χ3n) is 2.50. The first kappa shape index (κ1) is 13.8. The largest absolute Gasteiger partial charge is 0.379 e. The van der Waals surface area contributed by atoms with E-state index in [0.717, 1.165) is 11.4 Å². The number of nitrogens with one attached hydrogen (secondary N) is 2. The standard InChI is InChI=1S/C12H15N3O2S2/c1-2-19(16,17)15-11-5-3-10(4-6-11)13-7-12-8-18-9-14-12/h3-6,8-9,13,15H,2,7H2,1H3. The van der Waals surface area contributed by atoms with Crippen LogP contribution in [0.25, 0.3) is 0 Å². The zero-order chi connectivity index (χ0) is 13.7. The normalized spacial score (nSPS) is 11.2. The Morgan fingerprint density at radius 1 is 1.21 bits per heavy atom. The van der Waals surface area contributed by atoms with Gasteiger partial charge in [0.2, 0.25) is 10.0 Å². The lowest BCUT2D eigenvalue weighted by Gasteiger charge is -2.08. The molecule has 0 aliphatic heterocycles. The van der Waals surface area contributed by atoms with Gasteiger partial charge in [0.05, 0.1) is 23.5 Å². The van der Waals surface area contributed by atoms with Crippen molar-refractivity contribution in [3.63, 3.8) is 0 Å². The van der Waals surface area contributed by atoms with E-state index in [1.165, 1.54) is 0 Å². The number of thiazole rings is 1. The van der Waals surface area contributed by atoms with Gasteiger partial charge in [0.25, 0.3) is 0 Å². The monoisotopic (exact) mass is 297 g/mol. The molecule has 5 nitrogen and oxygen atoms in total. The summed E-state index contributed by atoms with van der Waals surface area (Å²) < 4.78 is 25.3. The summed E-state index contributed by atoms with van der Waals surface area (Å²) in [6.07, 6.45) is 0. The maximum absolute atomic E-state index is 11.4. The zero-order valence-corrected chi connectivity index (χ0v) is 12.1. The summed E-state index contributed by atoms with van der Waals surface area (Å²) in [7, 11) is -3.21. The Bertz CT molecular complexity index is 607. The average Bonchev–Trinajstić information content (AvgIpc) is 2.91. The molecule has 0 atom stereocenters. The van der Waals surface area contributed by atoms with Gasteiger partial charge in [0, 0.05) is 16.8 Å². The molecule has 0 spiro atoms. The van der Waals surface area contributed by atoms with E-state index in [2.05, 4.69) is 15.0 Å². The molecule has 0 amide bonds. The van der Waals surface area contributed by atoms with Crippen molar-refractivity contribution in [3.8, 4) is 0 Å². The lowest BCUT2D eigenvalue weighted by molar-refractivity contribution is 0.602. The first-order chi connectivity index (χ1) is 9.09. The quantitative estimate of drug-likeness (QED) is 0.859. The molecule has 7 heteroatoms. The van der Waals surface area contributed by atoms with Crippen LogP contribution in [0.1, 0.15) is 12.6 Å². The van der Waals surface area contributed by atoms with E-state index in [9.17, 15) is 8.42 Å². The Labute approximate surface area is 116 Å². The van der Waals surface area contributed by atoms with E-state index in [4.69, 9.17) is 0 Å². The molecule has 0 unspecified atom stereocenters. The molecule has 1 heterocycles. The molecule has 2 aromatic rings. The summed E-state index contributed by atoms with van der Waals surface area (Å²) >= 11 is 1.56. The molecule has 0 aliphatic carbocycles. The highest BCUT2D eigenvalue weighted by Crippen LogP contribution is 2.15. The van der Waals surface area contributed by atoms with Crippen LogP contribution in [0.3, 0.4) is 0 Å². The van der Waals surface area contributed by atoms with Crippen LogP contribution in [0, 0.1) is 0 Å². The van der Waals surface area contributed by atoms with Crippen LogP contribution in [-0.2, 0) is 16.6 Å². The van der Waals surface area contributed by atoms with Crippen molar-refractivity contribution in [2.45, 2.75) is 13.5 Å². The van der Waals surface area contributed by atoms with Crippen molar-refractivity contribution in [3.05, 3.63) is 40.8 Å². The predicted octanol–water partition coefficient (Wildman–Crippen LogP) is 2.52. The van der Waals surface area contributed by atoms with Gasteiger partial charge in [-0.05, 0) is 31.2 Å². The minimum Gasteiger partial charge on any atom is -0.379 e. The maximum atomic E-state index is 11.4. The zero-order valence-electron chi connectivity index (χ0n) is 10.5. The molecular weight excluding hydrogens is 282 g/mol. The van der Waals surface area contributed by atoms with Gasteiger partial charge in [-0.2, -0.15) is 0 Å². The van der Waals surface area contributed by atoms with Crippen LogP contribution < -0.4 is 10.0 Å². The van der Waals surface area contributed by atoms with Crippen molar-refractivity contribution in [1.29, 1.82) is 0 Å². The van der Waals surface area contributed by atoms with Crippen molar-refractivity contribution in [2.75, 3.05) is 15.8 Å². The van der Waals surface area contributed by atoms with Crippen LogP contribution in [0.5, 0.6) is 0 Å². The van der Waals surface area contributed by atoms with Gasteiger partial charge >= 0.3 is 0 Å². The van der Waals surface area contributed by atoms with Gasteiger partial charge in [0.15, 0.2) is 0 Å². The van der Waals surface area contributed by atoms with Gasteiger partial charge in [-0.3, -0.25) is 4.72 Å². The van der Waals surface area contributed by atoms with Crippen molar-refractivity contribution >= 4 is 32.7 Å². The van der Waals surface area contributed by atoms with Crippen LogP contribution in [0.2, 0.25) is 0 Å². The highest BCUT2D eigenvalue weighted by atomic mass is 32.2. The molecule has 2 rings (SSSR count). The van der Waals surface area contributed by atoms with Gasteiger partial charge in [-0.1, -0.05) is 0 Å². The number of sulfonamides is 1. The predicted molar refractivity (Wildman–Crippen MR) is 79.0 cm³/mol. The van der Waals surface area contributed by atoms with E-state index >= 15 is 0 Å². The third-order valence-corrected chi connectivity index (χ3v) is 4.44. The molecule has 0 bridgehead atoms. The minimum atomic E-state index is -3.21. The van der Waals surface area contributed by atoms with E-state index in [0.29, 0.717) is 12.2 Å². The van der Waals surface area contributed by atoms with Crippen LogP contribution in [-0.4, -0.2) is 19.2 Å². The molecular formula is C12H15N3O2S2. The van der Waals surface area contributed by atoms with E-state index in [1.54, 1.807) is 35.9 Å². The molecule has 2 N–H and O–H groups in total. The fourth-order valence-corrected chi connectivity index (χ4v) is 2.62. The highest BCUT2D eigenvalue weighted by Gasteiger charge is 2.06. The third kappa shape index (κ3) is 4.22. The number of hydrogen-bond donors (Lipinski definition) is 2. The molecule has 1 aromatic heterocycles. The minimum absolute atomic E-state index is 0.0663. The lowest BCUT2D eigenvalue weighted by atomic mass is 10.3. The van der Waals surface area contributed by atoms with Crippen molar-refractivity contribution in [2.24, 2.45) is 0 Å². The second kappa shape index (κ2) is 6.03. The number of hydrogen-bond acceptors (Lipinski definition) is 5. The Morgan fingerprint density at radius 2 is 1.89 bits per heavy atom. The van der Waals surface area contributed by atoms with Crippen LogP contribution in [0.4, 0.5) is 11.4 Å². The smallest absolute Gasteiger partial charge is 0.232 e. The molecule has 0 saturated heterocycles. The number of benzene rings is 1. The maximum Gasteiger partial charge on any atom is 0.232 e. The Morgan fingerprint density at radius 3 is 2.47 bits per heavy atom. The summed E-state index contributed by atoms with van der Waals surface area (Å²) in [6.45, 7) is 2.26. The Balaban J connectivity index is 1.95. The van der Waals surface area contributed by atoms with Crippen LogP contribution >= 0.6 is 11.3 Å². The van der Waals surface area contributed by atoms with Gasteiger partial charge in [0.1, 0.15) is 0 Å². The number of rotatable bonds is 6. The Kier molecular flexibility index (Phi) is 4.39. The first-order valence-corrected chi connectivity index (χ1v) is 8.40. The second-order valence-corrected chi connectivity index (χ2v) is 6.65. The summed E-state index contributed by atoms with van der Waals surface area (Å²) in [4.78, 5) is 4.17. The van der Waals surface area contributed by atoms with Gasteiger partial charge in [-0.15, -0.1) is 11.3 Å². The molecule has 0 saturated carbocycles. The first-order valence-electron chi connectivity index (χ1n) is 5.80. The van der Waals surface area contributed by atoms with Crippen molar-refractivity contribution in [1.82, 2.24) is 4.98 Å². The topological polar surface area (TPSA) is 71.1 Å². The summed E-state index contributed by atoms with van der Waals surface area (Å²) in [5, 5.41) is 5.20. The fourth-order valence-electron chi connectivity index (χ4n) is 1.43. The lowest BCUT2D eigenvalue weighted by Crippen LogP contribution is -2.14. The SMILES string of the molecule is CCS(=O)(=O)Nc1ccc(NCc2cscn2)cc1. The Hall–Kier alpha value is -1.60. The van der Waals surface area contributed by atoms with E-state index < -0.39 is 10.0 Å². The average molecular weight is 297 g/mol. The second-order valence-electron chi connectivity index (χ2n) is 3.92. The summed E-state index contributed by atoms with van der Waals surface area (Å²) in [5.41, 5.74) is 4.27. The van der Waals surface area contributed by atoms with Crippen molar-refractivity contribution < 1.29 is 8.42 Å². The molecule has 0 radical (unpaired) electrons. The summed E-state index contributed by atoms with van der Waals surface area (Å²) in [5.74, 6) is 0.0663. The van der Waals surface area contributed by atoms with Crippen LogP contribution in [0.15, 0.2) is 35.2 Å². The number of aromatic nitrogens is 1. The van der Waals surface area contributed by atoms with E-state index in [-0.39, 0.29) is 5.75 Å². The fraction of sp³-hybridized carbons (Fsp3) is 0.250. The number of anilines is 2. The molecule has 0 fully saturated rings. The number of nitrogens with zero attached hydrogens (tertiary/aromatic N) is 1. The van der Waals surface area contributed by atoms with Gasteiger partial charge in [-0.25, -0.2) is 13.4 Å². The molecule has 19 heavy (non-hydrogen) atoms. The van der Waals surface area contributed by atoms with Gasteiger partial charge < -0.3 is 5.32 Å². The molecule has 102 valence electrons. The summed E-state index contributed by atoms with van der Waals surface area (Å²) in [6, 6.07) is 7.13. The highest BCUT2D eigenvalue weighted by molar-refractivity contribution is 7.92. The van der Waals surface area contributed by atoms with E-state index in [1.807, 2.05) is 17.5 Å². The molecule has 1 aromatic carbocycles. The molecule has 0 aliphatic rings.